The van der Waals surface area contributed by atoms with Crippen LogP contribution >= 0.6 is 0 Å². The predicted octanol–water partition coefficient (Wildman–Crippen LogP) is 3.71. The summed E-state index contributed by atoms with van der Waals surface area (Å²) >= 11 is 0. The summed E-state index contributed by atoms with van der Waals surface area (Å²) in [7, 11) is 0. The van der Waals surface area contributed by atoms with Gasteiger partial charge < -0.3 is 14.2 Å². The molecule has 0 radical (unpaired) electrons. The minimum absolute atomic E-state index is 0.468. The van der Waals surface area contributed by atoms with Crippen LogP contribution in [0.5, 0.6) is 0 Å². The van der Waals surface area contributed by atoms with E-state index in [0.717, 1.165) is 12.5 Å². The summed E-state index contributed by atoms with van der Waals surface area (Å²) in [6, 6.07) is 8.17. The lowest BCUT2D eigenvalue weighted by atomic mass is 9.83. The van der Waals surface area contributed by atoms with Crippen molar-refractivity contribution in [3.63, 3.8) is 0 Å². The molecule has 6 rings (SSSR count). The maximum absolute atomic E-state index is 5.91. The standard InChI is InChI=1S/C23H30N2O/c1-2-5-16(6-3-1)17-9-10-20-19(15-17)18-7-4-8-21-23(18)25(20)13-12-24(21)22-11-14-26-22/h9-10,15-16,21-22H,1-8,11-14H2/p+1/t21-,22+/m1/s1. The summed E-state index contributed by atoms with van der Waals surface area (Å²) < 4.78 is 8.59. The first-order valence-electron chi connectivity index (χ1n) is 11.0. The lowest BCUT2D eigenvalue weighted by Crippen LogP contribution is -3.18. The molecule has 2 aliphatic carbocycles. The molecule has 2 fully saturated rings. The Morgan fingerprint density at radius 3 is 2.69 bits per heavy atom. The molecule has 4 aliphatic rings. The lowest BCUT2D eigenvalue weighted by Gasteiger charge is -2.43. The largest absolute Gasteiger partial charge is 0.334 e. The van der Waals surface area contributed by atoms with Crippen LogP contribution in [0.15, 0.2) is 18.2 Å². The molecule has 1 aromatic carbocycles. The van der Waals surface area contributed by atoms with Crippen molar-refractivity contribution in [1.82, 2.24) is 4.57 Å². The van der Waals surface area contributed by atoms with E-state index in [4.69, 9.17) is 4.74 Å². The van der Waals surface area contributed by atoms with Crippen molar-refractivity contribution in [2.45, 2.75) is 82.5 Å². The Hall–Kier alpha value is -1.32. The molecule has 0 amide bonds. The summed E-state index contributed by atoms with van der Waals surface area (Å²) in [6.45, 7) is 3.37. The minimum Gasteiger partial charge on any atom is -0.334 e. The van der Waals surface area contributed by atoms with E-state index in [-0.39, 0.29) is 0 Å². The lowest BCUT2D eigenvalue weighted by molar-refractivity contribution is -0.990. The molecule has 1 aromatic heterocycles. The number of rotatable bonds is 2. The maximum atomic E-state index is 5.91. The summed E-state index contributed by atoms with van der Waals surface area (Å²) in [5.74, 6) is 0.808. The topological polar surface area (TPSA) is 18.6 Å². The highest BCUT2D eigenvalue weighted by molar-refractivity contribution is 5.87. The van der Waals surface area contributed by atoms with Gasteiger partial charge in [0.15, 0.2) is 6.23 Å². The first-order valence-corrected chi connectivity index (χ1v) is 11.0. The zero-order valence-corrected chi connectivity index (χ0v) is 15.8. The van der Waals surface area contributed by atoms with E-state index in [1.807, 2.05) is 0 Å². The molecule has 2 aromatic rings. The molecule has 0 bridgehead atoms. The third-order valence-corrected chi connectivity index (χ3v) is 7.75. The summed E-state index contributed by atoms with van der Waals surface area (Å²) in [5.41, 5.74) is 6.48. The number of nitrogens with one attached hydrogen (secondary N) is 1. The molecule has 26 heavy (non-hydrogen) atoms. The van der Waals surface area contributed by atoms with Crippen LogP contribution in [0.4, 0.5) is 0 Å². The van der Waals surface area contributed by atoms with E-state index in [9.17, 15) is 0 Å². The summed E-state index contributed by atoms with van der Waals surface area (Å²) in [6.07, 6.45) is 12.8. The second-order valence-electron chi connectivity index (χ2n) is 9.04. The van der Waals surface area contributed by atoms with Gasteiger partial charge in [-0.1, -0.05) is 25.3 Å². The van der Waals surface area contributed by atoms with Gasteiger partial charge in [-0.05, 0) is 54.9 Å². The fourth-order valence-corrected chi connectivity index (χ4v) is 6.36. The Kier molecular flexibility index (Phi) is 3.69. The Labute approximate surface area is 156 Å². The molecule has 3 atom stereocenters. The molecule has 1 saturated carbocycles. The third kappa shape index (κ3) is 2.26. The van der Waals surface area contributed by atoms with Crippen molar-refractivity contribution in [2.75, 3.05) is 13.2 Å². The third-order valence-electron chi connectivity index (χ3n) is 7.75. The van der Waals surface area contributed by atoms with Gasteiger partial charge in [-0.3, -0.25) is 0 Å². The number of nitrogens with zero attached hydrogens (tertiary/aromatic N) is 1. The smallest absolute Gasteiger partial charge is 0.194 e. The molecule has 0 spiro atoms. The SMILES string of the molecule is c1cc2c(cc1C1CCCCC1)c1c3n2CC[NH+]([C@@H]2CCO2)[C@@H]3CCC1. The predicted molar refractivity (Wildman–Crippen MR) is 104 cm³/mol. The minimum atomic E-state index is 0.468. The van der Waals surface area contributed by atoms with E-state index < -0.39 is 0 Å². The highest BCUT2D eigenvalue weighted by atomic mass is 16.5. The van der Waals surface area contributed by atoms with Crippen molar-refractivity contribution in [3.05, 3.63) is 35.0 Å². The van der Waals surface area contributed by atoms with Crippen LogP contribution in [0, 0.1) is 0 Å². The molecule has 138 valence electrons. The molecule has 1 unspecified atom stereocenters. The van der Waals surface area contributed by atoms with E-state index in [1.54, 1.807) is 27.1 Å². The van der Waals surface area contributed by atoms with Crippen LogP contribution in [0.25, 0.3) is 10.9 Å². The molecule has 3 nitrogen and oxygen atoms in total. The average molecular weight is 352 g/mol. The van der Waals surface area contributed by atoms with Gasteiger partial charge in [0.05, 0.1) is 31.8 Å². The summed E-state index contributed by atoms with van der Waals surface area (Å²) in [4.78, 5) is 1.72. The normalized spacial score (nSPS) is 31.6. The molecule has 3 heteroatoms. The van der Waals surface area contributed by atoms with Gasteiger partial charge in [-0.2, -0.15) is 0 Å². The van der Waals surface area contributed by atoms with Crippen molar-refractivity contribution in [2.24, 2.45) is 0 Å². The molecule has 3 heterocycles. The van der Waals surface area contributed by atoms with Gasteiger partial charge in [0.2, 0.25) is 0 Å². The van der Waals surface area contributed by atoms with Crippen molar-refractivity contribution in [3.8, 4) is 0 Å². The Balaban J connectivity index is 1.45. The highest BCUT2D eigenvalue weighted by Crippen LogP contribution is 2.40. The molecule has 1 N–H and O–H groups in total. The Morgan fingerprint density at radius 1 is 1.00 bits per heavy atom. The van der Waals surface area contributed by atoms with Crippen LogP contribution in [0.1, 0.15) is 80.1 Å². The monoisotopic (exact) mass is 351 g/mol. The fourth-order valence-electron chi connectivity index (χ4n) is 6.36. The van der Waals surface area contributed by atoms with Crippen LogP contribution < -0.4 is 4.90 Å². The molecule has 2 aliphatic heterocycles. The second-order valence-corrected chi connectivity index (χ2v) is 9.04. The zero-order valence-electron chi connectivity index (χ0n) is 15.8. The van der Waals surface area contributed by atoms with Gasteiger partial charge in [0.25, 0.3) is 0 Å². The van der Waals surface area contributed by atoms with Crippen molar-refractivity contribution < 1.29 is 9.64 Å². The van der Waals surface area contributed by atoms with Gasteiger partial charge in [-0.25, -0.2) is 0 Å². The number of hydrogen-bond acceptors (Lipinski definition) is 1. The zero-order chi connectivity index (χ0) is 17.1. The fraction of sp³-hybridized carbons (Fsp3) is 0.652. The van der Waals surface area contributed by atoms with E-state index in [2.05, 4.69) is 22.8 Å². The number of hydrogen-bond donors (Lipinski definition) is 1. The first-order chi connectivity index (χ1) is 12.9. The van der Waals surface area contributed by atoms with Crippen molar-refractivity contribution in [1.29, 1.82) is 0 Å². The van der Waals surface area contributed by atoms with E-state index in [0.29, 0.717) is 12.3 Å². The van der Waals surface area contributed by atoms with E-state index >= 15 is 0 Å². The van der Waals surface area contributed by atoms with Crippen molar-refractivity contribution >= 4 is 10.9 Å². The number of fused-ring (bicyclic) bond motifs is 3. The number of aryl methyl sites for hydroxylation is 1. The highest BCUT2D eigenvalue weighted by Gasteiger charge is 2.43. The molecule has 1 saturated heterocycles. The maximum Gasteiger partial charge on any atom is 0.194 e. The Morgan fingerprint density at radius 2 is 1.88 bits per heavy atom. The second kappa shape index (κ2) is 6.10. The number of ether oxygens (including phenoxy) is 1. The van der Waals surface area contributed by atoms with Crippen LogP contribution in [-0.4, -0.2) is 23.9 Å². The van der Waals surface area contributed by atoms with Crippen LogP contribution in [-0.2, 0) is 17.7 Å². The molecular formula is C23H31N2O+. The first kappa shape index (κ1) is 15.7. The number of benzene rings is 1. The quantitative estimate of drug-likeness (QED) is 0.874. The van der Waals surface area contributed by atoms with Gasteiger partial charge in [0, 0.05) is 17.3 Å². The number of quaternary nitrogens is 1. The number of aromatic nitrogens is 1. The van der Waals surface area contributed by atoms with Gasteiger partial charge >= 0.3 is 0 Å². The molecular weight excluding hydrogens is 320 g/mol. The Bertz CT molecular complexity index is 828. The van der Waals surface area contributed by atoms with Gasteiger partial charge in [-0.15, -0.1) is 0 Å². The van der Waals surface area contributed by atoms with Crippen LogP contribution in [0.3, 0.4) is 0 Å². The summed E-state index contributed by atoms with van der Waals surface area (Å²) in [5, 5.41) is 1.59. The van der Waals surface area contributed by atoms with Gasteiger partial charge in [0.1, 0.15) is 6.04 Å². The van der Waals surface area contributed by atoms with Crippen LogP contribution in [0.2, 0.25) is 0 Å². The average Bonchev–Trinajstić information content (AvgIpc) is 2.98. The van der Waals surface area contributed by atoms with E-state index in [1.165, 1.54) is 76.4 Å².